The fourth-order valence-electron chi connectivity index (χ4n) is 0.320. The van der Waals surface area contributed by atoms with E-state index in [9.17, 15) is 0 Å². The predicted octanol–water partition coefficient (Wildman–Crippen LogP) is 1.17. The average molecular weight is 145 g/mol. The summed E-state index contributed by atoms with van der Waals surface area (Å²) in [6, 6.07) is 0. The van der Waals surface area contributed by atoms with E-state index < -0.39 is 6.10 Å². The van der Waals surface area contributed by atoms with Crippen LogP contribution in [0.5, 0.6) is 0 Å². The third-order valence-corrected chi connectivity index (χ3v) is 1.05. The minimum absolute atomic E-state index is 0.275. The number of rotatable bonds is 4. The predicted molar refractivity (Wildman–Crippen MR) is 41.0 cm³/mol. The van der Waals surface area contributed by atoms with E-state index in [4.69, 9.17) is 9.94 Å². The number of aliphatic hydroxyl groups excluding tert-OH is 1. The number of aliphatic hydroxyl groups is 1. The Balaban J connectivity index is 3.34. The molecule has 3 nitrogen and oxygen atoms in total. The Morgan fingerprint density at radius 3 is 2.70 bits per heavy atom. The number of oxime groups is 1. The summed E-state index contributed by atoms with van der Waals surface area (Å²) in [5.74, 6) is 0. The first-order chi connectivity index (χ1) is 4.66. The van der Waals surface area contributed by atoms with Crippen molar-refractivity contribution in [3.05, 3.63) is 0 Å². The first-order valence-corrected chi connectivity index (χ1v) is 3.50. The second-order valence-electron chi connectivity index (χ2n) is 2.32. The van der Waals surface area contributed by atoms with Gasteiger partial charge < -0.3 is 9.94 Å². The molecule has 0 aromatic carbocycles. The Kier molecular flexibility index (Phi) is 4.94. The molecular weight excluding hydrogens is 130 g/mol. The molecule has 60 valence electrons. The molecule has 0 fully saturated rings. The average Bonchev–Trinajstić information content (AvgIpc) is 1.87. The van der Waals surface area contributed by atoms with Crippen LogP contribution in [0.15, 0.2) is 5.16 Å². The molecule has 0 aromatic rings. The van der Waals surface area contributed by atoms with Gasteiger partial charge in [-0.1, -0.05) is 12.1 Å². The summed E-state index contributed by atoms with van der Waals surface area (Å²) in [5, 5.41) is 12.5. The fourth-order valence-corrected chi connectivity index (χ4v) is 0.320. The monoisotopic (exact) mass is 145 g/mol. The summed E-state index contributed by atoms with van der Waals surface area (Å²) >= 11 is 0. The number of hydrogen-bond acceptors (Lipinski definition) is 3. The lowest BCUT2D eigenvalue weighted by Gasteiger charge is -2.01. The molecule has 1 atom stereocenters. The molecule has 10 heavy (non-hydrogen) atoms. The van der Waals surface area contributed by atoms with Gasteiger partial charge in [-0.15, -0.1) is 0 Å². The Morgan fingerprint density at radius 2 is 2.30 bits per heavy atom. The molecule has 0 heterocycles. The highest BCUT2D eigenvalue weighted by Gasteiger charge is 1.93. The highest BCUT2D eigenvalue weighted by molar-refractivity contribution is 5.80. The van der Waals surface area contributed by atoms with Gasteiger partial charge in [-0.05, 0) is 20.3 Å². The smallest absolute Gasteiger partial charge is 0.142 e. The lowest BCUT2D eigenvalue weighted by molar-refractivity contribution is 0.0497. The molecule has 0 bridgehead atoms. The summed E-state index contributed by atoms with van der Waals surface area (Å²) in [6.07, 6.45) is 0.452. The van der Waals surface area contributed by atoms with Gasteiger partial charge in [-0.2, -0.15) is 0 Å². The van der Waals surface area contributed by atoms with Crippen LogP contribution in [-0.4, -0.2) is 23.5 Å². The number of nitrogens with zero attached hydrogens (tertiary/aromatic N) is 1. The van der Waals surface area contributed by atoms with Crippen LogP contribution in [0.3, 0.4) is 0 Å². The summed E-state index contributed by atoms with van der Waals surface area (Å²) < 4.78 is 0. The van der Waals surface area contributed by atoms with Crippen LogP contribution in [-0.2, 0) is 4.84 Å². The lowest BCUT2D eigenvalue weighted by Crippen LogP contribution is -2.08. The van der Waals surface area contributed by atoms with Crippen LogP contribution >= 0.6 is 0 Å². The summed E-state index contributed by atoms with van der Waals surface area (Å²) in [5.41, 5.74) is 0.945. The molecule has 0 aliphatic rings. The summed E-state index contributed by atoms with van der Waals surface area (Å²) in [4.78, 5) is 4.79. The zero-order valence-corrected chi connectivity index (χ0v) is 6.79. The van der Waals surface area contributed by atoms with Crippen molar-refractivity contribution in [1.29, 1.82) is 0 Å². The molecule has 1 unspecified atom stereocenters. The molecule has 0 aromatic heterocycles. The van der Waals surface area contributed by atoms with E-state index in [0.717, 1.165) is 12.1 Å². The van der Waals surface area contributed by atoms with Gasteiger partial charge in [-0.3, -0.25) is 0 Å². The van der Waals surface area contributed by atoms with Crippen molar-refractivity contribution in [3.8, 4) is 0 Å². The number of hydrogen-bond donors (Lipinski definition) is 1. The van der Waals surface area contributed by atoms with Crippen LogP contribution in [0.25, 0.3) is 0 Å². The Morgan fingerprint density at radius 1 is 1.70 bits per heavy atom. The maximum absolute atomic E-state index is 8.74. The largest absolute Gasteiger partial charge is 0.393 e. The maximum atomic E-state index is 8.74. The van der Waals surface area contributed by atoms with E-state index >= 15 is 0 Å². The van der Waals surface area contributed by atoms with E-state index in [1.807, 2.05) is 13.8 Å². The molecule has 0 rings (SSSR count). The van der Waals surface area contributed by atoms with Crippen molar-refractivity contribution in [2.24, 2.45) is 5.16 Å². The van der Waals surface area contributed by atoms with Gasteiger partial charge in [-0.25, -0.2) is 0 Å². The van der Waals surface area contributed by atoms with Crippen LogP contribution in [0.2, 0.25) is 0 Å². The second-order valence-corrected chi connectivity index (χ2v) is 2.32. The fraction of sp³-hybridized carbons (Fsp3) is 0.857. The van der Waals surface area contributed by atoms with Crippen molar-refractivity contribution < 1.29 is 9.94 Å². The lowest BCUT2D eigenvalue weighted by atomic mass is 10.3. The molecule has 0 amide bonds. The molecule has 0 aliphatic heterocycles. The quantitative estimate of drug-likeness (QED) is 0.476. The molecular formula is C7H15NO2. The minimum Gasteiger partial charge on any atom is -0.393 e. The molecule has 0 radical (unpaired) electrons. The van der Waals surface area contributed by atoms with Gasteiger partial charge in [0.05, 0.1) is 11.8 Å². The van der Waals surface area contributed by atoms with Crippen LogP contribution in [0.4, 0.5) is 0 Å². The molecule has 3 heteroatoms. The van der Waals surface area contributed by atoms with E-state index in [1.54, 1.807) is 6.92 Å². The minimum atomic E-state index is -0.437. The van der Waals surface area contributed by atoms with Crippen LogP contribution in [0, 0.1) is 0 Å². The van der Waals surface area contributed by atoms with Gasteiger partial charge in [0.15, 0.2) is 0 Å². The Bertz CT molecular complexity index is 110. The summed E-state index contributed by atoms with van der Waals surface area (Å²) in [7, 11) is 0. The van der Waals surface area contributed by atoms with Crippen molar-refractivity contribution in [1.82, 2.24) is 0 Å². The highest BCUT2D eigenvalue weighted by atomic mass is 16.6. The molecule has 0 saturated heterocycles. The van der Waals surface area contributed by atoms with Gasteiger partial charge in [0.1, 0.15) is 6.61 Å². The van der Waals surface area contributed by atoms with E-state index in [-0.39, 0.29) is 6.61 Å². The van der Waals surface area contributed by atoms with Crippen molar-refractivity contribution >= 4 is 5.71 Å². The van der Waals surface area contributed by atoms with Gasteiger partial charge in [0.2, 0.25) is 0 Å². The van der Waals surface area contributed by atoms with Crippen LogP contribution in [0.1, 0.15) is 27.2 Å². The molecule has 0 spiro atoms. The van der Waals surface area contributed by atoms with Crippen molar-refractivity contribution in [2.45, 2.75) is 33.3 Å². The second kappa shape index (κ2) is 5.23. The first kappa shape index (κ1) is 9.43. The topological polar surface area (TPSA) is 41.8 Å². The zero-order valence-electron chi connectivity index (χ0n) is 6.79. The maximum Gasteiger partial charge on any atom is 0.142 e. The highest BCUT2D eigenvalue weighted by Crippen LogP contribution is 1.88. The van der Waals surface area contributed by atoms with E-state index in [2.05, 4.69) is 5.16 Å². The van der Waals surface area contributed by atoms with Crippen molar-refractivity contribution in [2.75, 3.05) is 6.61 Å². The SMILES string of the molecule is CC/C(C)=N/OCC(C)O. The molecule has 0 saturated carbocycles. The normalized spacial score (nSPS) is 15.0. The van der Waals surface area contributed by atoms with Crippen LogP contribution < -0.4 is 0 Å². The van der Waals surface area contributed by atoms with E-state index in [0.29, 0.717) is 0 Å². The van der Waals surface area contributed by atoms with Gasteiger partial charge >= 0.3 is 0 Å². The Hall–Kier alpha value is -0.570. The zero-order chi connectivity index (χ0) is 7.98. The van der Waals surface area contributed by atoms with E-state index in [1.165, 1.54) is 0 Å². The summed E-state index contributed by atoms with van der Waals surface area (Å²) in [6.45, 7) is 5.83. The van der Waals surface area contributed by atoms with Crippen molar-refractivity contribution in [3.63, 3.8) is 0 Å². The Labute approximate surface area is 61.7 Å². The third kappa shape index (κ3) is 5.56. The molecule has 1 N–H and O–H groups in total. The standard InChI is InChI=1S/C7H15NO2/c1-4-6(2)8-10-5-7(3)9/h7,9H,4-5H2,1-3H3/b8-6+. The van der Waals surface area contributed by atoms with Gasteiger partial charge in [0, 0.05) is 0 Å². The third-order valence-electron chi connectivity index (χ3n) is 1.05. The molecule has 0 aliphatic carbocycles. The van der Waals surface area contributed by atoms with Gasteiger partial charge in [0.25, 0.3) is 0 Å². The first-order valence-electron chi connectivity index (χ1n) is 3.50.